The van der Waals surface area contributed by atoms with Gasteiger partial charge < -0.3 is 4.84 Å². The Morgan fingerprint density at radius 2 is 1.38 bits per heavy atom. The monoisotopic (exact) mass is 530 g/mol. The van der Waals surface area contributed by atoms with Gasteiger partial charge in [0.15, 0.2) is 12.4 Å². The maximum atomic E-state index is 13.7. The summed E-state index contributed by atoms with van der Waals surface area (Å²) in [6.45, 7) is 1.60. The van der Waals surface area contributed by atoms with E-state index in [-0.39, 0.29) is 18.1 Å². The number of Topliss-reactive ketones (excluding diaryl/α,β-unsaturated/α-hetero) is 1. The van der Waals surface area contributed by atoms with Crippen LogP contribution in [0.25, 0.3) is 0 Å². The number of rotatable bonds is 11. The van der Waals surface area contributed by atoms with Crippen molar-refractivity contribution in [1.29, 1.82) is 0 Å². The topological polar surface area (TPSA) is 83.4 Å². The Bertz CT molecular complexity index is 1450. The van der Waals surface area contributed by atoms with Gasteiger partial charge >= 0.3 is 0 Å². The predicted molar refractivity (Wildman–Crippen MR) is 156 cm³/mol. The van der Waals surface area contributed by atoms with Crippen molar-refractivity contribution >= 4 is 23.6 Å². The summed E-state index contributed by atoms with van der Waals surface area (Å²) in [5.74, 6) is -1.01. The minimum absolute atomic E-state index is 0.115. The first-order valence-corrected chi connectivity index (χ1v) is 13.2. The molecule has 0 aliphatic heterocycles. The van der Waals surface area contributed by atoms with E-state index in [0.717, 1.165) is 16.7 Å². The molecule has 40 heavy (non-hydrogen) atoms. The van der Waals surface area contributed by atoms with Gasteiger partial charge in [-0.25, -0.2) is 5.43 Å². The van der Waals surface area contributed by atoms with Crippen LogP contribution < -0.4 is 5.43 Å². The summed E-state index contributed by atoms with van der Waals surface area (Å²) in [5, 5.41) is 8.04. The largest absolute Gasteiger partial charge is 0.386 e. The highest BCUT2D eigenvalue weighted by molar-refractivity contribution is 6.51. The van der Waals surface area contributed by atoms with E-state index in [9.17, 15) is 9.59 Å². The van der Waals surface area contributed by atoms with Gasteiger partial charge in [-0.15, -0.1) is 0 Å². The number of hydrogen-bond donors (Lipinski definition) is 1. The SMILES string of the molecule is O=C(CO/N=C/c1ccccc1)N/N=C1\C(=O)C(CN(Cc2ccccc2)Cc2ccccc2)c2ccccc21. The van der Waals surface area contributed by atoms with Crippen LogP contribution in [0.2, 0.25) is 0 Å². The van der Waals surface area contributed by atoms with Gasteiger partial charge in [-0.3, -0.25) is 14.5 Å². The van der Waals surface area contributed by atoms with Crippen LogP contribution in [0.5, 0.6) is 0 Å². The lowest BCUT2D eigenvalue weighted by Crippen LogP contribution is -2.31. The molecule has 0 bridgehead atoms. The summed E-state index contributed by atoms with van der Waals surface area (Å²) in [5.41, 5.74) is 7.57. The summed E-state index contributed by atoms with van der Waals surface area (Å²) < 4.78 is 0. The second kappa shape index (κ2) is 13.3. The van der Waals surface area contributed by atoms with Crippen molar-refractivity contribution in [2.75, 3.05) is 13.2 Å². The number of ketones is 1. The van der Waals surface area contributed by atoms with Crippen molar-refractivity contribution < 1.29 is 14.4 Å². The third kappa shape index (κ3) is 6.95. The molecule has 4 aromatic rings. The maximum Gasteiger partial charge on any atom is 0.280 e. The quantitative estimate of drug-likeness (QED) is 0.220. The van der Waals surface area contributed by atoms with Crippen molar-refractivity contribution in [2.45, 2.75) is 19.0 Å². The molecular weight excluding hydrogens is 500 g/mol. The van der Waals surface area contributed by atoms with Gasteiger partial charge in [0.05, 0.1) is 12.1 Å². The molecule has 1 aliphatic carbocycles. The Hall–Kier alpha value is -4.88. The zero-order valence-corrected chi connectivity index (χ0v) is 22.0. The molecular formula is C33H30N4O3. The molecule has 1 amide bonds. The molecule has 0 saturated carbocycles. The van der Waals surface area contributed by atoms with Crippen LogP contribution in [-0.2, 0) is 27.5 Å². The maximum absolute atomic E-state index is 13.7. The summed E-state index contributed by atoms with van der Waals surface area (Å²) in [4.78, 5) is 33.4. The number of fused-ring (bicyclic) bond motifs is 1. The third-order valence-corrected chi connectivity index (χ3v) is 6.64. The van der Waals surface area contributed by atoms with Gasteiger partial charge in [0, 0.05) is 25.2 Å². The number of nitrogens with one attached hydrogen (secondary N) is 1. The molecule has 5 rings (SSSR count). The first-order chi connectivity index (χ1) is 19.7. The van der Waals surface area contributed by atoms with Crippen LogP contribution in [-0.4, -0.2) is 41.7 Å². The lowest BCUT2D eigenvalue weighted by Gasteiger charge is -2.25. The molecule has 0 saturated heterocycles. The third-order valence-electron chi connectivity index (χ3n) is 6.64. The second-order valence-electron chi connectivity index (χ2n) is 9.56. The molecule has 1 N–H and O–H groups in total. The molecule has 7 heteroatoms. The Balaban J connectivity index is 1.28. The molecule has 0 heterocycles. The van der Waals surface area contributed by atoms with E-state index in [1.165, 1.54) is 17.3 Å². The minimum atomic E-state index is -0.499. The highest BCUT2D eigenvalue weighted by Gasteiger charge is 2.37. The predicted octanol–water partition coefficient (Wildman–Crippen LogP) is 4.93. The van der Waals surface area contributed by atoms with E-state index >= 15 is 0 Å². The van der Waals surface area contributed by atoms with Crippen LogP contribution in [0.3, 0.4) is 0 Å². The van der Waals surface area contributed by atoms with E-state index in [2.05, 4.69) is 44.8 Å². The fourth-order valence-electron chi connectivity index (χ4n) is 4.76. The van der Waals surface area contributed by atoms with Crippen molar-refractivity contribution in [3.8, 4) is 0 Å². The average molecular weight is 531 g/mol. The lowest BCUT2D eigenvalue weighted by atomic mass is 9.99. The molecule has 0 fully saturated rings. The van der Waals surface area contributed by atoms with Gasteiger partial charge in [0.25, 0.3) is 5.91 Å². The van der Waals surface area contributed by atoms with Gasteiger partial charge in [-0.2, -0.15) is 5.10 Å². The Labute approximate surface area is 233 Å². The minimum Gasteiger partial charge on any atom is -0.386 e. The van der Waals surface area contributed by atoms with Gasteiger partial charge in [-0.05, 0) is 22.3 Å². The summed E-state index contributed by atoms with van der Waals surface area (Å²) >= 11 is 0. The average Bonchev–Trinajstić information content (AvgIpc) is 3.26. The van der Waals surface area contributed by atoms with Gasteiger partial charge in [0.2, 0.25) is 0 Å². The van der Waals surface area contributed by atoms with Crippen molar-refractivity contribution in [2.24, 2.45) is 10.3 Å². The van der Waals surface area contributed by atoms with E-state index in [1.807, 2.05) is 91.0 Å². The molecule has 1 atom stereocenters. The molecule has 4 aromatic carbocycles. The number of carbonyl (C=O) groups excluding carboxylic acids is 2. The van der Waals surface area contributed by atoms with Gasteiger partial charge in [0.1, 0.15) is 5.71 Å². The second-order valence-corrected chi connectivity index (χ2v) is 9.56. The fourth-order valence-corrected chi connectivity index (χ4v) is 4.76. The Morgan fingerprint density at radius 3 is 2.02 bits per heavy atom. The molecule has 0 spiro atoms. The lowest BCUT2D eigenvalue weighted by molar-refractivity contribution is -0.125. The van der Waals surface area contributed by atoms with Crippen LogP contribution in [0.1, 0.15) is 33.7 Å². The highest BCUT2D eigenvalue weighted by atomic mass is 16.6. The van der Waals surface area contributed by atoms with Crippen LogP contribution in [0.4, 0.5) is 0 Å². The zero-order chi connectivity index (χ0) is 27.6. The number of benzene rings is 4. The molecule has 0 aromatic heterocycles. The molecule has 200 valence electrons. The number of carbonyl (C=O) groups is 2. The number of amides is 1. The fraction of sp³-hybridized carbons (Fsp3) is 0.152. The molecule has 1 unspecified atom stereocenters. The zero-order valence-electron chi connectivity index (χ0n) is 22.0. The number of hydrazone groups is 1. The number of nitrogens with zero attached hydrogens (tertiary/aromatic N) is 3. The van der Waals surface area contributed by atoms with Gasteiger partial charge in [-0.1, -0.05) is 120 Å². The van der Waals surface area contributed by atoms with Crippen molar-refractivity contribution in [1.82, 2.24) is 10.3 Å². The highest BCUT2D eigenvalue weighted by Crippen LogP contribution is 2.32. The van der Waals surface area contributed by atoms with E-state index in [4.69, 9.17) is 4.84 Å². The Morgan fingerprint density at radius 1 is 0.800 bits per heavy atom. The van der Waals surface area contributed by atoms with Crippen LogP contribution in [0, 0.1) is 0 Å². The normalized spacial score (nSPS) is 15.5. The number of oxime groups is 1. The first kappa shape index (κ1) is 26.7. The van der Waals surface area contributed by atoms with Crippen molar-refractivity contribution in [3.63, 3.8) is 0 Å². The van der Waals surface area contributed by atoms with Crippen LogP contribution in [0.15, 0.2) is 126 Å². The summed E-state index contributed by atoms with van der Waals surface area (Å²) in [7, 11) is 0. The van der Waals surface area contributed by atoms with E-state index in [1.54, 1.807) is 0 Å². The smallest absolute Gasteiger partial charge is 0.280 e. The first-order valence-electron chi connectivity index (χ1n) is 13.2. The van der Waals surface area contributed by atoms with E-state index < -0.39 is 11.8 Å². The molecule has 1 aliphatic rings. The van der Waals surface area contributed by atoms with Crippen molar-refractivity contribution in [3.05, 3.63) is 143 Å². The summed E-state index contributed by atoms with van der Waals surface area (Å²) in [6, 6.07) is 37.5. The summed E-state index contributed by atoms with van der Waals surface area (Å²) in [6.07, 6.45) is 1.52. The molecule has 7 nitrogen and oxygen atoms in total. The number of hydrogen-bond acceptors (Lipinski definition) is 6. The molecule has 0 radical (unpaired) electrons. The standard InChI is InChI=1S/C33H30N4O3/c38-31(24-40-34-20-25-12-4-1-5-13-25)35-36-32-29-19-11-10-18-28(29)30(33(32)39)23-37(21-26-14-6-2-7-15-26)22-27-16-8-3-9-17-27/h1-20,30H,21-24H2,(H,35,38)/b34-20+,36-32-. The Kier molecular flexibility index (Phi) is 8.86. The van der Waals surface area contributed by atoms with Crippen LogP contribution >= 0.6 is 0 Å². The van der Waals surface area contributed by atoms with E-state index in [0.29, 0.717) is 19.6 Å².